The molecule has 2 rings (SSSR count). The average molecular weight is 284 g/mol. The molecule has 0 atom stereocenters. The largest absolute Gasteiger partial charge is 0.469 e. The second-order valence-electron chi connectivity index (χ2n) is 5.45. The molecule has 0 spiro atoms. The van der Waals surface area contributed by atoms with Crippen LogP contribution in [0.4, 0.5) is 0 Å². The molecule has 0 amide bonds. The fraction of sp³-hybridized carbons (Fsp3) is 0.769. The molecule has 19 heavy (non-hydrogen) atoms. The van der Waals surface area contributed by atoms with Gasteiger partial charge in [-0.2, -0.15) is 16.7 Å². The van der Waals surface area contributed by atoms with Crippen molar-refractivity contribution in [2.24, 2.45) is 5.41 Å². The van der Waals surface area contributed by atoms with Crippen molar-refractivity contribution in [1.82, 2.24) is 10.1 Å². The van der Waals surface area contributed by atoms with Crippen LogP contribution in [0.25, 0.3) is 0 Å². The second-order valence-corrected chi connectivity index (χ2v) is 6.43. The number of hydrogen-bond acceptors (Lipinski definition) is 6. The fourth-order valence-electron chi connectivity index (χ4n) is 1.85. The number of nitrogens with zero attached hydrogens (tertiary/aromatic N) is 2. The van der Waals surface area contributed by atoms with Gasteiger partial charge >= 0.3 is 5.97 Å². The number of esters is 1. The Morgan fingerprint density at radius 1 is 1.53 bits per heavy atom. The van der Waals surface area contributed by atoms with E-state index in [2.05, 4.69) is 10.1 Å². The van der Waals surface area contributed by atoms with Crippen molar-refractivity contribution < 1.29 is 14.1 Å². The molecule has 0 saturated heterocycles. The van der Waals surface area contributed by atoms with Crippen molar-refractivity contribution in [3.8, 4) is 0 Å². The molecule has 6 heteroatoms. The summed E-state index contributed by atoms with van der Waals surface area (Å²) in [5, 5.41) is 3.96. The van der Waals surface area contributed by atoms with E-state index in [0.717, 1.165) is 30.2 Å². The van der Waals surface area contributed by atoms with Gasteiger partial charge in [0.2, 0.25) is 5.89 Å². The molecule has 0 aliphatic heterocycles. The maximum Gasteiger partial charge on any atom is 0.306 e. The third-order valence-corrected chi connectivity index (χ3v) is 4.60. The van der Waals surface area contributed by atoms with Crippen molar-refractivity contribution in [3.05, 3.63) is 11.7 Å². The Balaban J connectivity index is 1.75. The lowest BCUT2D eigenvalue weighted by Crippen LogP contribution is -2.13. The van der Waals surface area contributed by atoms with E-state index in [1.165, 1.54) is 7.11 Å². The van der Waals surface area contributed by atoms with Crippen LogP contribution in [0.3, 0.4) is 0 Å². The molecule has 1 aromatic rings. The molecule has 1 aliphatic carbocycles. The van der Waals surface area contributed by atoms with Gasteiger partial charge in [0.1, 0.15) is 0 Å². The number of rotatable bonds is 7. The fourth-order valence-corrected chi connectivity index (χ4v) is 3.07. The van der Waals surface area contributed by atoms with E-state index in [4.69, 9.17) is 9.26 Å². The van der Waals surface area contributed by atoms with E-state index in [9.17, 15) is 4.79 Å². The van der Waals surface area contributed by atoms with E-state index in [0.29, 0.717) is 12.3 Å². The summed E-state index contributed by atoms with van der Waals surface area (Å²) in [4.78, 5) is 15.6. The summed E-state index contributed by atoms with van der Waals surface area (Å²) < 4.78 is 9.89. The van der Waals surface area contributed by atoms with E-state index in [-0.39, 0.29) is 17.3 Å². The van der Waals surface area contributed by atoms with Gasteiger partial charge in [-0.15, -0.1) is 0 Å². The maximum absolute atomic E-state index is 11.3. The maximum atomic E-state index is 11.3. The van der Waals surface area contributed by atoms with E-state index < -0.39 is 0 Å². The smallest absolute Gasteiger partial charge is 0.306 e. The van der Waals surface area contributed by atoms with Crippen LogP contribution < -0.4 is 0 Å². The predicted octanol–water partition coefficient (Wildman–Crippen LogP) is 2.77. The minimum Gasteiger partial charge on any atom is -0.469 e. The lowest BCUT2D eigenvalue weighted by Gasteiger charge is -2.11. The summed E-state index contributed by atoms with van der Waals surface area (Å²) in [6.07, 6.45) is 2.75. The molecule has 106 valence electrons. The van der Waals surface area contributed by atoms with Gasteiger partial charge in [-0.05, 0) is 24.0 Å². The summed E-state index contributed by atoms with van der Waals surface area (Å²) in [5.74, 6) is 3.27. The highest BCUT2D eigenvalue weighted by molar-refractivity contribution is 7.98. The van der Waals surface area contributed by atoms with Gasteiger partial charge in [-0.1, -0.05) is 19.0 Å². The van der Waals surface area contributed by atoms with Crippen molar-refractivity contribution in [3.63, 3.8) is 0 Å². The highest BCUT2D eigenvalue weighted by Gasteiger charge is 2.44. The lowest BCUT2D eigenvalue weighted by molar-refractivity contribution is -0.141. The van der Waals surface area contributed by atoms with Crippen molar-refractivity contribution in [1.29, 1.82) is 0 Å². The van der Waals surface area contributed by atoms with E-state index in [1.54, 1.807) is 11.8 Å². The van der Waals surface area contributed by atoms with Crippen molar-refractivity contribution in [2.45, 2.75) is 44.8 Å². The first-order chi connectivity index (χ1) is 9.04. The third kappa shape index (κ3) is 3.96. The first-order valence-corrected chi connectivity index (χ1v) is 7.67. The number of methoxy groups -OCH3 is 1. The topological polar surface area (TPSA) is 65.2 Å². The Bertz CT molecular complexity index is 441. The molecule has 1 aliphatic rings. The Morgan fingerprint density at radius 3 is 2.79 bits per heavy atom. The molecule has 0 radical (unpaired) electrons. The van der Waals surface area contributed by atoms with Crippen LogP contribution in [-0.2, 0) is 15.3 Å². The van der Waals surface area contributed by atoms with Gasteiger partial charge in [0.15, 0.2) is 5.82 Å². The number of ether oxygens (including phenoxy) is 1. The zero-order chi connectivity index (χ0) is 13.9. The van der Waals surface area contributed by atoms with Crippen LogP contribution in [0.1, 0.15) is 50.7 Å². The van der Waals surface area contributed by atoms with Gasteiger partial charge in [0.05, 0.1) is 19.3 Å². The Labute approximate surface area is 117 Å². The summed E-state index contributed by atoms with van der Waals surface area (Å²) in [6, 6.07) is 0. The Hall–Kier alpha value is -1.04. The molecular formula is C13H20N2O3S. The van der Waals surface area contributed by atoms with Crippen molar-refractivity contribution >= 4 is 17.7 Å². The number of thioether (sulfide) groups is 1. The Kier molecular flexibility index (Phi) is 4.50. The van der Waals surface area contributed by atoms with Gasteiger partial charge in [-0.25, -0.2) is 0 Å². The SMILES string of the molecule is COC(=O)CC1(CSCc2noc(C(C)C)n2)CC1. The molecule has 5 nitrogen and oxygen atoms in total. The molecule has 1 fully saturated rings. The molecule has 0 N–H and O–H groups in total. The Morgan fingerprint density at radius 2 is 2.26 bits per heavy atom. The number of hydrogen-bond donors (Lipinski definition) is 0. The average Bonchev–Trinajstić information content (AvgIpc) is 2.95. The van der Waals surface area contributed by atoms with Crippen molar-refractivity contribution in [2.75, 3.05) is 12.9 Å². The summed E-state index contributed by atoms with van der Waals surface area (Å²) in [6.45, 7) is 4.06. The predicted molar refractivity (Wildman–Crippen MR) is 72.8 cm³/mol. The third-order valence-electron chi connectivity index (χ3n) is 3.32. The zero-order valence-corrected chi connectivity index (χ0v) is 12.5. The number of carbonyl (C=O) groups excluding carboxylic acids is 1. The lowest BCUT2D eigenvalue weighted by atomic mass is 10.1. The second kappa shape index (κ2) is 5.94. The monoisotopic (exact) mass is 284 g/mol. The first-order valence-electron chi connectivity index (χ1n) is 6.52. The van der Waals surface area contributed by atoms with Crippen LogP contribution in [0.15, 0.2) is 4.52 Å². The van der Waals surface area contributed by atoms with Crippen LogP contribution in [-0.4, -0.2) is 29.0 Å². The standard InChI is InChI=1S/C13H20N2O3S/c1-9(2)12-14-10(15-18-12)7-19-8-13(4-5-13)6-11(16)17-3/h9H,4-8H2,1-3H3. The van der Waals surface area contributed by atoms with Gasteiger partial charge < -0.3 is 9.26 Å². The zero-order valence-electron chi connectivity index (χ0n) is 11.6. The molecule has 0 aromatic carbocycles. The van der Waals surface area contributed by atoms with Crippen LogP contribution in [0.5, 0.6) is 0 Å². The molecule has 1 saturated carbocycles. The first kappa shape index (κ1) is 14.4. The highest BCUT2D eigenvalue weighted by atomic mass is 32.2. The molecule has 1 heterocycles. The molecule has 1 aromatic heterocycles. The van der Waals surface area contributed by atoms with Crippen LogP contribution in [0, 0.1) is 5.41 Å². The molecule has 0 bridgehead atoms. The number of carbonyl (C=O) groups is 1. The van der Waals surface area contributed by atoms with Gasteiger partial charge in [0.25, 0.3) is 0 Å². The van der Waals surface area contributed by atoms with Gasteiger partial charge in [-0.3, -0.25) is 4.79 Å². The van der Waals surface area contributed by atoms with Crippen LogP contribution in [0.2, 0.25) is 0 Å². The summed E-state index contributed by atoms with van der Waals surface area (Å²) in [7, 11) is 1.44. The molecular weight excluding hydrogens is 264 g/mol. The van der Waals surface area contributed by atoms with E-state index >= 15 is 0 Å². The quantitative estimate of drug-likeness (QED) is 0.717. The minimum absolute atomic E-state index is 0.111. The van der Waals surface area contributed by atoms with E-state index in [1.807, 2.05) is 13.8 Å². The van der Waals surface area contributed by atoms with Gasteiger partial charge in [0, 0.05) is 5.92 Å². The minimum atomic E-state index is -0.111. The highest BCUT2D eigenvalue weighted by Crippen LogP contribution is 2.51. The summed E-state index contributed by atoms with van der Waals surface area (Å²) in [5.41, 5.74) is 0.155. The van der Waals surface area contributed by atoms with Crippen LogP contribution >= 0.6 is 11.8 Å². The molecule has 0 unspecified atom stereocenters. The number of aromatic nitrogens is 2. The normalized spacial score (nSPS) is 16.6. The summed E-state index contributed by atoms with van der Waals surface area (Å²) >= 11 is 1.76.